The van der Waals surface area contributed by atoms with Gasteiger partial charge in [0, 0.05) is 24.2 Å². The number of aliphatic hydroxyl groups excluding tert-OH is 17. The van der Waals surface area contributed by atoms with Gasteiger partial charge in [-0.1, -0.05) is 74.9 Å². The number of rotatable bonds is 21. The fourth-order valence-corrected chi connectivity index (χ4v) is 12.7. The highest BCUT2D eigenvalue weighted by atomic mass is 16.8. The van der Waals surface area contributed by atoms with Crippen molar-refractivity contribution in [3.8, 4) is 0 Å². The van der Waals surface area contributed by atoms with Crippen LogP contribution in [0.2, 0.25) is 0 Å². The van der Waals surface area contributed by atoms with Crippen LogP contribution in [0.15, 0.2) is 48.5 Å². The first-order chi connectivity index (χ1) is 46.1. The minimum atomic E-state index is -2.20. The van der Waals surface area contributed by atoms with Crippen molar-refractivity contribution < 1.29 is 153 Å². The zero-order valence-corrected chi connectivity index (χ0v) is 52.3. The Bertz CT molecular complexity index is 2720. The number of nitrogen functional groups attached to an aromatic ring is 1. The average Bonchev–Trinajstić information content (AvgIpc) is 0.784. The third-order valence-electron chi connectivity index (χ3n) is 18.2. The predicted molar refractivity (Wildman–Crippen MR) is 323 cm³/mol. The number of anilines is 2. The molecule has 34 nitrogen and oxygen atoms in total. The van der Waals surface area contributed by atoms with E-state index in [4.69, 9.17) is 62.6 Å². The lowest BCUT2D eigenvalue weighted by atomic mass is 9.93. The highest BCUT2D eigenvalue weighted by Gasteiger charge is 2.59. The maximum absolute atomic E-state index is 13.9. The fraction of sp³-hybridized carbons (Fsp3) is 0.742. The Morgan fingerprint density at radius 2 is 0.594 bits per heavy atom. The minimum absolute atomic E-state index is 0.0987. The fourth-order valence-electron chi connectivity index (χ4n) is 12.7. The van der Waals surface area contributed by atoms with Crippen molar-refractivity contribution in [1.29, 1.82) is 0 Å². The summed E-state index contributed by atoms with van der Waals surface area (Å²) in [7, 11) is 0. The molecular weight excluding hydrogens is 1280 g/mol. The highest BCUT2D eigenvalue weighted by Crippen LogP contribution is 2.39. The largest absolute Gasteiger partial charge is 0.399 e. The van der Waals surface area contributed by atoms with Crippen LogP contribution in [0.1, 0.15) is 75.3 Å². The molecule has 22 heterocycles. The van der Waals surface area contributed by atoms with Crippen LogP contribution < -0.4 is 16.4 Å². The second-order valence-corrected chi connectivity index (χ2v) is 24.9. The van der Waals surface area contributed by atoms with Crippen molar-refractivity contribution in [2.75, 3.05) is 50.7 Å². The number of carbonyl (C=O) groups is 2. The highest BCUT2D eigenvalue weighted by molar-refractivity contribution is 5.90. The molecule has 0 radical (unpaired) electrons. The standard InChI is InChI=1S/C62H93N3O31/c63-29-17-13-27(14-18-29)11-12-28-15-19-30(20-16-28)64-37(72)9-7-5-3-1-2-4-6-8-10-38(73)65-39-40(74)57-85-31(21-66)51(39)91-58-46(80)41(75)53(33(23-68)86-58)93-60-48(82)43(77)55(35(25-70)88-60)95-62-50(84)45(79)56(36(26-71)90-62)96-61-49(83)44(78)54(34(24-69)89-61)94-59-47(81)42(76)52(92-57)32(22-67)87-59/h11-20,31-36,39-62,66-71,74-84H,1-10,21-26,63H2,(H,64,72)(H,65,73)/b12-11+/t31-,32-,33-,34-,35-,36-,39+,40+,41-,42-,43-,44-,45-,46-,47-,48-,49-,50-,51-,52-,53-,54-,55-,56-,57-,58-,59-,60-,61-,62-/m1/s1. The van der Waals surface area contributed by atoms with Crippen LogP contribution in [-0.2, 0) is 66.4 Å². The lowest BCUT2D eigenvalue weighted by molar-refractivity contribution is -0.401. The van der Waals surface area contributed by atoms with E-state index in [0.29, 0.717) is 37.1 Å². The number of nitrogens with one attached hydrogen (secondary N) is 2. The summed E-state index contributed by atoms with van der Waals surface area (Å²) in [5.41, 5.74) is 9.10. The summed E-state index contributed by atoms with van der Waals surface area (Å²) in [6.45, 7) is -6.12. The van der Waals surface area contributed by atoms with Crippen molar-refractivity contribution >= 4 is 35.3 Å². The van der Waals surface area contributed by atoms with E-state index in [9.17, 15) is 96.4 Å². The van der Waals surface area contributed by atoms with Gasteiger partial charge in [0.1, 0.15) is 140 Å². The number of aliphatic hydroxyl groups is 17. The number of unbranched alkanes of at least 4 members (excludes halogenated alkanes) is 7. The van der Waals surface area contributed by atoms with Gasteiger partial charge >= 0.3 is 0 Å². The first-order valence-corrected chi connectivity index (χ1v) is 32.3. The first kappa shape index (κ1) is 76.0. The Kier molecular flexibility index (Phi) is 28.0. The molecule has 0 spiro atoms. The summed E-state index contributed by atoms with van der Waals surface area (Å²) in [5.74, 6) is -0.777. The van der Waals surface area contributed by atoms with Crippen LogP contribution in [0, 0.1) is 0 Å². The van der Waals surface area contributed by atoms with Crippen LogP contribution in [0.5, 0.6) is 0 Å². The van der Waals surface area contributed by atoms with E-state index in [1.54, 1.807) is 0 Å². The SMILES string of the molecule is Nc1ccc(/C=C/c2ccc(NC(=O)CCCCCCCCCCC(=O)N[C@H]3[C@H](O)[C@H]4O[C@H]5[C@H](O)[C@@H](O)[C@@H](O[C@H]6[C@H](O)[C@@H](O)[C@@H](O[C@H]7[C@H](O)[C@@H](O)[C@@H](O[C@H]8[C@H](O)[C@@H](O)[C@@H](O[C@H]9[C@H](O)[C@@H](O)[C@@H](O[C@@H]3[C@@H](CO)O4)O[C@@H]9CO)O[C@@H]8CO)O[C@@H]7CO)O[C@@H]6CO)O[C@@H]5CO)cc2)cc1. The number of hydrogen-bond acceptors (Lipinski definition) is 32. The van der Waals surface area contributed by atoms with E-state index in [2.05, 4.69) is 10.6 Å². The molecule has 22 aliphatic heterocycles. The maximum atomic E-state index is 13.9. The maximum Gasteiger partial charge on any atom is 0.224 e. The van der Waals surface area contributed by atoms with Gasteiger partial charge in [0.05, 0.1) is 45.7 Å². The molecule has 24 rings (SSSR count). The summed E-state index contributed by atoms with van der Waals surface area (Å²) in [6.07, 6.45) is -47.4. The third-order valence-corrected chi connectivity index (χ3v) is 18.2. The molecular formula is C62H93N3O31. The molecule has 2 aromatic carbocycles. The number of amides is 2. The number of hydrogen-bond donors (Lipinski definition) is 20. The Morgan fingerprint density at radius 1 is 0.333 bits per heavy atom. The summed E-state index contributed by atoms with van der Waals surface area (Å²) < 4.78 is 70.2. The molecule has 0 aromatic heterocycles. The van der Waals surface area contributed by atoms with Crippen LogP contribution in [-0.4, -0.2) is 322 Å². The zero-order chi connectivity index (χ0) is 69.1. The molecule has 2 amide bonds. The van der Waals surface area contributed by atoms with Crippen molar-refractivity contribution in [3.63, 3.8) is 0 Å². The number of nitrogens with two attached hydrogens (primary N) is 1. The second kappa shape index (κ2) is 35.4. The molecule has 12 bridgehead atoms. The van der Waals surface area contributed by atoms with Gasteiger partial charge in [0.15, 0.2) is 37.7 Å². The Morgan fingerprint density at radius 3 is 0.906 bits per heavy atom. The Hall–Kier alpha value is -4.24. The van der Waals surface area contributed by atoms with Crippen molar-refractivity contribution in [3.05, 3.63) is 59.7 Å². The lowest BCUT2D eigenvalue weighted by Gasteiger charge is -2.51. The van der Waals surface area contributed by atoms with Gasteiger partial charge in [-0.05, 0) is 48.2 Å². The van der Waals surface area contributed by atoms with Crippen molar-refractivity contribution in [1.82, 2.24) is 5.32 Å². The Balaban J connectivity index is 0.863. The molecule has 34 heteroatoms. The van der Waals surface area contributed by atoms with Crippen LogP contribution in [0.4, 0.5) is 11.4 Å². The molecule has 22 saturated heterocycles. The summed E-state index contributed by atoms with van der Waals surface area (Å²) >= 11 is 0. The molecule has 21 N–H and O–H groups in total. The van der Waals surface area contributed by atoms with Crippen LogP contribution in [0.3, 0.4) is 0 Å². The quantitative estimate of drug-likeness (QED) is 0.0314. The van der Waals surface area contributed by atoms with Crippen molar-refractivity contribution in [2.45, 2.75) is 248 Å². The van der Waals surface area contributed by atoms with Gasteiger partial charge in [0.2, 0.25) is 11.8 Å². The smallest absolute Gasteiger partial charge is 0.224 e. The zero-order valence-electron chi connectivity index (χ0n) is 52.3. The van der Waals surface area contributed by atoms with E-state index in [-0.39, 0.29) is 12.3 Å². The molecule has 22 aliphatic rings. The summed E-state index contributed by atoms with van der Waals surface area (Å²) in [4.78, 5) is 26.6. The topological polar surface area (TPSA) is 539 Å². The van der Waals surface area contributed by atoms with E-state index in [1.165, 1.54) is 0 Å². The molecule has 22 fully saturated rings. The molecule has 2 aromatic rings. The predicted octanol–water partition coefficient (Wildman–Crippen LogP) is -6.64. The molecule has 96 heavy (non-hydrogen) atoms. The molecule has 542 valence electrons. The second-order valence-electron chi connectivity index (χ2n) is 24.9. The van der Waals surface area contributed by atoms with Crippen LogP contribution in [0.25, 0.3) is 12.2 Å². The monoisotopic (exact) mass is 1380 g/mol. The number of ether oxygens (including phenoxy) is 12. The normalized spacial score (nSPS) is 41.6. The van der Waals surface area contributed by atoms with E-state index >= 15 is 0 Å². The van der Waals surface area contributed by atoms with Crippen molar-refractivity contribution in [2.24, 2.45) is 0 Å². The molecule has 30 atom stereocenters. The van der Waals surface area contributed by atoms with Gasteiger partial charge in [0.25, 0.3) is 0 Å². The summed E-state index contributed by atoms with van der Waals surface area (Å²) in [6, 6.07) is 13.3. The minimum Gasteiger partial charge on any atom is -0.399 e. The van der Waals surface area contributed by atoms with Gasteiger partial charge in [-0.25, -0.2) is 0 Å². The lowest BCUT2D eigenvalue weighted by Crippen LogP contribution is -2.70. The first-order valence-electron chi connectivity index (χ1n) is 32.3. The van der Waals surface area contributed by atoms with Gasteiger partial charge in [-0.2, -0.15) is 0 Å². The number of carbonyl (C=O) groups excluding carboxylic acids is 2. The van der Waals surface area contributed by atoms with E-state index in [0.717, 1.165) is 43.2 Å². The molecule has 0 saturated carbocycles. The molecule has 0 aliphatic carbocycles. The number of benzene rings is 2. The van der Waals surface area contributed by atoms with Crippen LogP contribution >= 0.6 is 0 Å². The Labute approximate surface area is 551 Å². The molecule has 0 unspecified atom stereocenters. The van der Waals surface area contributed by atoms with E-state index in [1.807, 2.05) is 60.7 Å². The van der Waals surface area contributed by atoms with Gasteiger partial charge < -0.3 is 160 Å². The van der Waals surface area contributed by atoms with Gasteiger partial charge in [-0.3, -0.25) is 9.59 Å². The average molecular weight is 1380 g/mol. The summed E-state index contributed by atoms with van der Waals surface area (Å²) in [5, 5.41) is 196. The van der Waals surface area contributed by atoms with E-state index < -0.39 is 230 Å². The van der Waals surface area contributed by atoms with Gasteiger partial charge in [-0.15, -0.1) is 0 Å². The third kappa shape index (κ3) is 18.1.